The van der Waals surface area contributed by atoms with Crippen molar-refractivity contribution in [1.82, 2.24) is 10.3 Å². The van der Waals surface area contributed by atoms with Gasteiger partial charge in [0.1, 0.15) is 0 Å². The summed E-state index contributed by atoms with van der Waals surface area (Å²) in [6, 6.07) is 0. The molecule has 1 aromatic rings. The van der Waals surface area contributed by atoms with Crippen molar-refractivity contribution >= 4 is 11.3 Å². The third-order valence-electron chi connectivity index (χ3n) is 2.58. The molecule has 0 radical (unpaired) electrons. The largest absolute Gasteiger partial charge is 0.311 e. The van der Waals surface area contributed by atoms with E-state index in [-0.39, 0.29) is 0 Å². The van der Waals surface area contributed by atoms with Gasteiger partial charge < -0.3 is 5.32 Å². The maximum Gasteiger partial charge on any atom is 0.0959 e. The number of thiazole rings is 1. The van der Waals surface area contributed by atoms with Gasteiger partial charge in [0.25, 0.3) is 0 Å². The lowest BCUT2D eigenvalue weighted by Crippen LogP contribution is -2.13. The predicted molar refractivity (Wildman–Crippen MR) is 56.1 cm³/mol. The van der Waals surface area contributed by atoms with E-state index >= 15 is 0 Å². The Morgan fingerprint density at radius 1 is 1.62 bits per heavy atom. The molecule has 72 valence electrons. The first-order valence-corrected chi connectivity index (χ1v) is 5.93. The minimum absolute atomic E-state index is 0.792. The topological polar surface area (TPSA) is 24.9 Å². The maximum absolute atomic E-state index is 4.63. The third-order valence-corrected chi connectivity index (χ3v) is 3.64. The van der Waals surface area contributed by atoms with E-state index in [0.29, 0.717) is 0 Å². The Kier molecular flexibility index (Phi) is 2.96. The molecule has 1 heterocycles. The zero-order chi connectivity index (χ0) is 9.10. The second-order valence-electron chi connectivity index (χ2n) is 3.59. The molecule has 0 aromatic carbocycles. The van der Waals surface area contributed by atoms with Crippen LogP contribution in [0.4, 0.5) is 0 Å². The molecule has 3 heteroatoms. The molecular formula is C10H16N2S. The van der Waals surface area contributed by atoms with E-state index in [1.165, 1.54) is 30.0 Å². The number of nitrogens with one attached hydrogen (secondary N) is 1. The van der Waals surface area contributed by atoms with Crippen molar-refractivity contribution in [2.24, 2.45) is 0 Å². The zero-order valence-electron chi connectivity index (χ0n) is 8.05. The standard InChI is InChI=1S/C10H16N2S/c1-2-11-6-9-7-13-10(12-9)8-4-3-5-8/h7-8,11H,2-6H2,1H3. The fraction of sp³-hybridized carbons (Fsp3) is 0.700. The van der Waals surface area contributed by atoms with Crippen molar-refractivity contribution < 1.29 is 0 Å². The molecule has 2 rings (SSSR count). The van der Waals surface area contributed by atoms with Crippen LogP contribution in [0.3, 0.4) is 0 Å². The maximum atomic E-state index is 4.63. The minimum atomic E-state index is 0.792. The SMILES string of the molecule is CCNCc1csc(C2CCC2)n1. The Balaban J connectivity index is 1.92. The molecular weight excluding hydrogens is 180 g/mol. The molecule has 0 bridgehead atoms. The van der Waals surface area contributed by atoms with Crippen molar-refractivity contribution in [1.29, 1.82) is 0 Å². The summed E-state index contributed by atoms with van der Waals surface area (Å²) in [6.07, 6.45) is 4.11. The molecule has 0 atom stereocenters. The molecule has 1 aliphatic rings. The van der Waals surface area contributed by atoms with Gasteiger partial charge in [0.2, 0.25) is 0 Å². The van der Waals surface area contributed by atoms with E-state index in [2.05, 4.69) is 22.6 Å². The van der Waals surface area contributed by atoms with Crippen LogP contribution in [0.2, 0.25) is 0 Å². The van der Waals surface area contributed by atoms with Gasteiger partial charge in [-0.05, 0) is 19.4 Å². The molecule has 1 aromatic heterocycles. The summed E-state index contributed by atoms with van der Waals surface area (Å²) in [6.45, 7) is 4.08. The first-order chi connectivity index (χ1) is 6.40. The van der Waals surface area contributed by atoms with E-state index in [1.807, 2.05) is 11.3 Å². The molecule has 1 fully saturated rings. The van der Waals surface area contributed by atoms with Crippen LogP contribution >= 0.6 is 11.3 Å². The number of hydrogen-bond donors (Lipinski definition) is 1. The quantitative estimate of drug-likeness (QED) is 0.800. The van der Waals surface area contributed by atoms with Gasteiger partial charge >= 0.3 is 0 Å². The van der Waals surface area contributed by atoms with Gasteiger partial charge in [0, 0.05) is 17.8 Å². The second-order valence-corrected chi connectivity index (χ2v) is 4.47. The third kappa shape index (κ3) is 2.09. The van der Waals surface area contributed by atoms with Crippen molar-refractivity contribution in [3.8, 4) is 0 Å². The van der Waals surface area contributed by atoms with Crippen LogP contribution in [0.1, 0.15) is 42.8 Å². The lowest BCUT2D eigenvalue weighted by atomic mass is 9.86. The minimum Gasteiger partial charge on any atom is -0.311 e. The Morgan fingerprint density at radius 2 is 2.46 bits per heavy atom. The van der Waals surface area contributed by atoms with Crippen LogP contribution in [0.5, 0.6) is 0 Å². The van der Waals surface area contributed by atoms with Gasteiger partial charge in [-0.25, -0.2) is 4.98 Å². The van der Waals surface area contributed by atoms with E-state index in [0.717, 1.165) is 19.0 Å². The molecule has 2 nitrogen and oxygen atoms in total. The van der Waals surface area contributed by atoms with Crippen LogP contribution < -0.4 is 5.32 Å². The number of nitrogens with zero attached hydrogens (tertiary/aromatic N) is 1. The zero-order valence-corrected chi connectivity index (χ0v) is 8.86. The smallest absolute Gasteiger partial charge is 0.0959 e. The van der Waals surface area contributed by atoms with E-state index in [4.69, 9.17) is 0 Å². The van der Waals surface area contributed by atoms with Crippen molar-refractivity contribution in [3.05, 3.63) is 16.1 Å². The average molecular weight is 196 g/mol. The van der Waals surface area contributed by atoms with E-state index in [9.17, 15) is 0 Å². The fourth-order valence-corrected chi connectivity index (χ4v) is 2.49. The monoisotopic (exact) mass is 196 g/mol. The van der Waals surface area contributed by atoms with Crippen LogP contribution in [0.25, 0.3) is 0 Å². The van der Waals surface area contributed by atoms with E-state index < -0.39 is 0 Å². The normalized spacial score (nSPS) is 17.3. The Bertz CT molecular complexity index is 266. The molecule has 1 aliphatic carbocycles. The Hall–Kier alpha value is -0.410. The molecule has 1 saturated carbocycles. The lowest BCUT2D eigenvalue weighted by molar-refractivity contribution is 0.417. The summed E-state index contributed by atoms with van der Waals surface area (Å²) >= 11 is 1.83. The molecule has 0 saturated heterocycles. The fourth-order valence-electron chi connectivity index (χ4n) is 1.50. The molecule has 0 unspecified atom stereocenters. The first kappa shape index (κ1) is 9.16. The van der Waals surface area contributed by atoms with Gasteiger partial charge in [-0.2, -0.15) is 0 Å². The van der Waals surface area contributed by atoms with E-state index in [1.54, 1.807) is 0 Å². The van der Waals surface area contributed by atoms with Gasteiger partial charge in [0.05, 0.1) is 10.7 Å². The Morgan fingerprint density at radius 3 is 3.08 bits per heavy atom. The average Bonchev–Trinajstić information content (AvgIpc) is 2.46. The Labute approximate surface area is 83.4 Å². The number of hydrogen-bond acceptors (Lipinski definition) is 3. The van der Waals surface area contributed by atoms with Crippen molar-refractivity contribution in [2.45, 2.75) is 38.6 Å². The predicted octanol–water partition coefficient (Wildman–Crippen LogP) is 2.52. The van der Waals surface area contributed by atoms with Crippen LogP contribution in [0, 0.1) is 0 Å². The van der Waals surface area contributed by atoms with Gasteiger partial charge in [-0.1, -0.05) is 13.3 Å². The summed E-state index contributed by atoms with van der Waals surface area (Å²) in [5, 5.41) is 6.85. The first-order valence-electron chi connectivity index (χ1n) is 5.05. The summed E-state index contributed by atoms with van der Waals surface area (Å²) in [7, 11) is 0. The second kappa shape index (κ2) is 4.20. The summed E-state index contributed by atoms with van der Waals surface area (Å²) in [4.78, 5) is 4.63. The van der Waals surface area contributed by atoms with Crippen LogP contribution in [0.15, 0.2) is 5.38 Å². The molecule has 1 N–H and O–H groups in total. The summed E-state index contributed by atoms with van der Waals surface area (Å²) in [5.74, 6) is 0.792. The summed E-state index contributed by atoms with van der Waals surface area (Å²) in [5.41, 5.74) is 1.22. The lowest BCUT2D eigenvalue weighted by Gasteiger charge is -2.22. The molecule has 0 aliphatic heterocycles. The van der Waals surface area contributed by atoms with Crippen molar-refractivity contribution in [3.63, 3.8) is 0 Å². The van der Waals surface area contributed by atoms with Crippen LogP contribution in [-0.2, 0) is 6.54 Å². The van der Waals surface area contributed by atoms with Gasteiger partial charge in [0.15, 0.2) is 0 Å². The highest BCUT2D eigenvalue weighted by Crippen LogP contribution is 2.37. The highest BCUT2D eigenvalue weighted by molar-refractivity contribution is 7.09. The highest BCUT2D eigenvalue weighted by atomic mass is 32.1. The molecule has 13 heavy (non-hydrogen) atoms. The van der Waals surface area contributed by atoms with Crippen LogP contribution in [-0.4, -0.2) is 11.5 Å². The number of aromatic nitrogens is 1. The summed E-state index contributed by atoms with van der Waals surface area (Å²) < 4.78 is 0. The highest BCUT2D eigenvalue weighted by Gasteiger charge is 2.22. The van der Waals surface area contributed by atoms with Crippen molar-refractivity contribution in [2.75, 3.05) is 6.54 Å². The number of rotatable bonds is 4. The van der Waals surface area contributed by atoms with Gasteiger partial charge in [-0.3, -0.25) is 0 Å². The molecule has 0 spiro atoms. The molecule has 0 amide bonds. The van der Waals surface area contributed by atoms with Gasteiger partial charge in [-0.15, -0.1) is 11.3 Å².